The standard InChI is InChI=1S/C12H13NO6/c1-8(14)2-3-9-6-10(19-7-12(15)16)4-5-11(9)13(17)18/h4-6H,2-3,7H2,1H3,(H,15,16). The summed E-state index contributed by atoms with van der Waals surface area (Å²) < 4.78 is 4.94. The Morgan fingerprint density at radius 1 is 1.42 bits per heavy atom. The Hall–Kier alpha value is -2.44. The molecule has 0 fully saturated rings. The number of carboxylic acid groups (broad SMARTS) is 1. The molecule has 0 aliphatic rings. The van der Waals surface area contributed by atoms with Crippen molar-refractivity contribution in [3.05, 3.63) is 33.9 Å². The maximum Gasteiger partial charge on any atom is 0.341 e. The van der Waals surface area contributed by atoms with E-state index in [1.807, 2.05) is 0 Å². The molecule has 1 rings (SSSR count). The van der Waals surface area contributed by atoms with Crippen molar-refractivity contribution < 1.29 is 24.4 Å². The van der Waals surface area contributed by atoms with E-state index in [1.54, 1.807) is 0 Å². The van der Waals surface area contributed by atoms with Crippen LogP contribution in [0.15, 0.2) is 18.2 Å². The molecule has 7 nitrogen and oxygen atoms in total. The third kappa shape index (κ3) is 4.74. The van der Waals surface area contributed by atoms with Crippen LogP contribution >= 0.6 is 0 Å². The van der Waals surface area contributed by atoms with Crippen molar-refractivity contribution in [1.82, 2.24) is 0 Å². The minimum atomic E-state index is -1.14. The van der Waals surface area contributed by atoms with Gasteiger partial charge in [0.15, 0.2) is 6.61 Å². The van der Waals surface area contributed by atoms with Gasteiger partial charge >= 0.3 is 5.97 Å². The van der Waals surface area contributed by atoms with E-state index in [0.29, 0.717) is 5.56 Å². The van der Waals surface area contributed by atoms with Crippen molar-refractivity contribution in [1.29, 1.82) is 0 Å². The van der Waals surface area contributed by atoms with Crippen LogP contribution in [0.25, 0.3) is 0 Å². The fourth-order valence-corrected chi connectivity index (χ4v) is 1.49. The number of carbonyl (C=O) groups excluding carboxylic acids is 1. The predicted molar refractivity (Wildman–Crippen MR) is 65.2 cm³/mol. The topological polar surface area (TPSA) is 107 Å². The number of nitro groups is 1. The molecule has 0 spiro atoms. The number of ketones is 1. The molecular formula is C12H13NO6. The van der Waals surface area contributed by atoms with Crippen LogP contribution in [0, 0.1) is 10.1 Å². The van der Waals surface area contributed by atoms with Crippen molar-refractivity contribution in [3.8, 4) is 5.75 Å². The van der Waals surface area contributed by atoms with E-state index >= 15 is 0 Å². The summed E-state index contributed by atoms with van der Waals surface area (Å²) in [7, 11) is 0. The zero-order valence-electron chi connectivity index (χ0n) is 10.3. The lowest BCUT2D eigenvalue weighted by Gasteiger charge is -2.06. The second-order valence-electron chi connectivity index (χ2n) is 3.93. The van der Waals surface area contributed by atoms with E-state index in [1.165, 1.54) is 25.1 Å². The van der Waals surface area contributed by atoms with Gasteiger partial charge in [-0.3, -0.25) is 10.1 Å². The Morgan fingerprint density at radius 2 is 2.11 bits per heavy atom. The number of nitro benzene ring substituents is 1. The number of ether oxygens (including phenoxy) is 1. The van der Waals surface area contributed by atoms with Crippen LogP contribution in [0.2, 0.25) is 0 Å². The predicted octanol–water partition coefficient (Wildman–Crippen LogP) is 1.58. The minimum Gasteiger partial charge on any atom is -0.482 e. The molecule has 102 valence electrons. The van der Waals surface area contributed by atoms with Crippen LogP contribution in [-0.4, -0.2) is 28.4 Å². The van der Waals surface area contributed by atoms with Crippen molar-refractivity contribution in [2.45, 2.75) is 19.8 Å². The number of aliphatic carboxylic acids is 1. The summed E-state index contributed by atoms with van der Waals surface area (Å²) in [6.45, 7) is 0.876. The third-order valence-electron chi connectivity index (χ3n) is 2.36. The molecule has 0 heterocycles. The number of hydrogen-bond acceptors (Lipinski definition) is 5. The van der Waals surface area contributed by atoms with E-state index in [4.69, 9.17) is 9.84 Å². The molecule has 0 bridgehead atoms. The fraction of sp³-hybridized carbons (Fsp3) is 0.333. The summed E-state index contributed by atoms with van der Waals surface area (Å²) in [5.41, 5.74) is 0.243. The van der Waals surface area contributed by atoms with Gasteiger partial charge in [-0.1, -0.05) is 0 Å². The number of aryl methyl sites for hydroxylation is 1. The molecule has 0 atom stereocenters. The van der Waals surface area contributed by atoms with Crippen LogP contribution < -0.4 is 4.74 Å². The maximum absolute atomic E-state index is 10.9. The largest absolute Gasteiger partial charge is 0.482 e. The minimum absolute atomic E-state index is 0.0776. The highest BCUT2D eigenvalue weighted by molar-refractivity contribution is 5.76. The van der Waals surface area contributed by atoms with E-state index in [0.717, 1.165) is 0 Å². The Balaban J connectivity index is 2.93. The van der Waals surface area contributed by atoms with E-state index < -0.39 is 17.5 Å². The Kier molecular flexibility index (Phi) is 4.99. The molecule has 0 aliphatic heterocycles. The molecule has 0 radical (unpaired) electrons. The van der Waals surface area contributed by atoms with Gasteiger partial charge in [0.2, 0.25) is 0 Å². The van der Waals surface area contributed by atoms with Crippen LogP contribution in [0.4, 0.5) is 5.69 Å². The van der Waals surface area contributed by atoms with Gasteiger partial charge in [-0.05, 0) is 25.5 Å². The number of carboxylic acids is 1. The van der Waals surface area contributed by atoms with Crippen molar-refractivity contribution in [2.75, 3.05) is 6.61 Å². The Bertz CT molecular complexity index is 511. The number of nitrogens with zero attached hydrogens (tertiary/aromatic N) is 1. The molecular weight excluding hydrogens is 254 g/mol. The van der Waals surface area contributed by atoms with Crippen molar-refractivity contribution in [3.63, 3.8) is 0 Å². The van der Waals surface area contributed by atoms with Crippen molar-refractivity contribution in [2.24, 2.45) is 0 Å². The van der Waals surface area contributed by atoms with Gasteiger partial charge in [-0.25, -0.2) is 4.79 Å². The van der Waals surface area contributed by atoms with Crippen LogP contribution in [-0.2, 0) is 16.0 Å². The van der Waals surface area contributed by atoms with Crippen molar-refractivity contribution >= 4 is 17.4 Å². The van der Waals surface area contributed by atoms with E-state index in [-0.39, 0.29) is 30.1 Å². The second kappa shape index (κ2) is 6.48. The van der Waals surface area contributed by atoms with Gasteiger partial charge in [0.25, 0.3) is 5.69 Å². The number of rotatable bonds is 7. The maximum atomic E-state index is 10.9. The zero-order valence-corrected chi connectivity index (χ0v) is 10.3. The van der Waals surface area contributed by atoms with E-state index in [2.05, 4.69) is 0 Å². The monoisotopic (exact) mass is 267 g/mol. The summed E-state index contributed by atoms with van der Waals surface area (Å²) in [6.07, 6.45) is 0.402. The first kappa shape index (κ1) is 14.6. The number of carbonyl (C=O) groups is 2. The first-order chi connectivity index (χ1) is 8.90. The molecule has 7 heteroatoms. The smallest absolute Gasteiger partial charge is 0.341 e. The van der Waals surface area contributed by atoms with Crippen LogP contribution in [0.1, 0.15) is 18.9 Å². The molecule has 1 aromatic carbocycles. The normalized spacial score (nSPS) is 9.95. The lowest BCUT2D eigenvalue weighted by molar-refractivity contribution is -0.385. The highest BCUT2D eigenvalue weighted by atomic mass is 16.6. The summed E-state index contributed by atoms with van der Waals surface area (Å²) >= 11 is 0. The molecule has 19 heavy (non-hydrogen) atoms. The average molecular weight is 267 g/mol. The number of Topliss-reactive ketones (excluding diaryl/α,β-unsaturated/α-hetero) is 1. The Labute approximate surface area is 109 Å². The van der Waals surface area contributed by atoms with Gasteiger partial charge in [0.05, 0.1) is 4.92 Å². The summed E-state index contributed by atoms with van der Waals surface area (Å²) in [6, 6.07) is 3.97. The van der Waals surface area contributed by atoms with Gasteiger partial charge < -0.3 is 14.6 Å². The van der Waals surface area contributed by atoms with E-state index in [9.17, 15) is 19.7 Å². The quantitative estimate of drug-likeness (QED) is 0.593. The first-order valence-electron chi connectivity index (χ1n) is 5.51. The van der Waals surface area contributed by atoms with Crippen LogP contribution in [0.3, 0.4) is 0 Å². The average Bonchev–Trinajstić information content (AvgIpc) is 2.33. The summed E-state index contributed by atoms with van der Waals surface area (Å²) in [5, 5.41) is 19.3. The highest BCUT2D eigenvalue weighted by Gasteiger charge is 2.15. The molecule has 1 N–H and O–H groups in total. The highest BCUT2D eigenvalue weighted by Crippen LogP contribution is 2.25. The molecule has 0 aromatic heterocycles. The second-order valence-corrected chi connectivity index (χ2v) is 3.93. The Morgan fingerprint density at radius 3 is 2.63 bits per heavy atom. The molecule has 0 saturated carbocycles. The van der Waals surface area contributed by atoms with Gasteiger partial charge in [0, 0.05) is 18.1 Å². The SMILES string of the molecule is CC(=O)CCc1cc(OCC(=O)O)ccc1[N+](=O)[O-]. The molecule has 0 amide bonds. The number of benzene rings is 1. The molecule has 0 saturated heterocycles. The molecule has 1 aromatic rings. The summed E-state index contributed by atoms with van der Waals surface area (Å²) in [5.74, 6) is -0.985. The summed E-state index contributed by atoms with van der Waals surface area (Å²) in [4.78, 5) is 31.6. The van der Waals surface area contributed by atoms with Gasteiger partial charge in [-0.2, -0.15) is 0 Å². The van der Waals surface area contributed by atoms with Crippen LogP contribution in [0.5, 0.6) is 5.75 Å². The third-order valence-corrected chi connectivity index (χ3v) is 2.36. The van der Waals surface area contributed by atoms with Gasteiger partial charge in [-0.15, -0.1) is 0 Å². The first-order valence-corrected chi connectivity index (χ1v) is 5.51. The zero-order chi connectivity index (χ0) is 14.4. The van der Waals surface area contributed by atoms with Gasteiger partial charge in [0.1, 0.15) is 11.5 Å². The fourth-order valence-electron chi connectivity index (χ4n) is 1.49. The molecule has 0 unspecified atom stereocenters. The lowest BCUT2D eigenvalue weighted by Crippen LogP contribution is -2.09. The number of hydrogen-bond donors (Lipinski definition) is 1. The lowest BCUT2D eigenvalue weighted by atomic mass is 10.1. The molecule has 0 aliphatic carbocycles.